The van der Waals surface area contributed by atoms with Gasteiger partial charge in [-0.15, -0.1) is 10.2 Å². The van der Waals surface area contributed by atoms with Crippen LogP contribution in [-0.4, -0.2) is 157 Å². The summed E-state index contributed by atoms with van der Waals surface area (Å²) in [6.07, 6.45) is 3.02. The van der Waals surface area contributed by atoms with Crippen molar-refractivity contribution in [1.29, 1.82) is 0 Å². The van der Waals surface area contributed by atoms with Crippen molar-refractivity contribution in [2.45, 2.75) is 51.8 Å². The number of carboxylic acids is 2. The number of carbonyl (C=O) groups excluding carboxylic acids is 2. The van der Waals surface area contributed by atoms with Crippen molar-refractivity contribution >= 4 is 58.3 Å². The van der Waals surface area contributed by atoms with Crippen LogP contribution in [0.1, 0.15) is 48.1 Å². The summed E-state index contributed by atoms with van der Waals surface area (Å²) in [4.78, 5) is 85.2. The molecule has 1 unspecified atom stereocenters. The van der Waals surface area contributed by atoms with E-state index in [2.05, 4.69) is 25.9 Å². The normalized spacial score (nSPS) is 15.1. The Balaban J connectivity index is 0.975. The van der Waals surface area contributed by atoms with E-state index in [-0.39, 0.29) is 65.2 Å². The van der Waals surface area contributed by atoms with Gasteiger partial charge in [-0.05, 0) is 55.8 Å². The zero-order valence-electron chi connectivity index (χ0n) is 38.0. The molecule has 0 spiro atoms. The molecular weight excluding hydrogens is 909 g/mol. The maximum atomic E-state index is 13.6. The molecule has 362 valence electrons. The summed E-state index contributed by atoms with van der Waals surface area (Å²) in [5.41, 5.74) is 2.54. The molecule has 2 saturated heterocycles. The first kappa shape index (κ1) is 46.6. The molecule has 2 amide bonds. The number of hydrogen-bond donors (Lipinski definition) is 5. The molecule has 1 aliphatic carbocycles. The number of piperazine rings is 2. The second-order valence-electron chi connectivity index (χ2n) is 17.2. The number of aromatic nitrogens is 9. The number of fused-ring (bicyclic) bond motifs is 2. The minimum absolute atomic E-state index is 0.0233. The van der Waals surface area contributed by atoms with Gasteiger partial charge in [0, 0.05) is 112 Å². The van der Waals surface area contributed by atoms with Crippen molar-refractivity contribution in [1.82, 2.24) is 54.7 Å². The molecule has 5 aromatic rings. The fraction of sp³-hybridized carbons (Fsp3) is 0.348. The van der Waals surface area contributed by atoms with Crippen LogP contribution in [0.2, 0.25) is 0 Å². The zero-order chi connectivity index (χ0) is 49.2. The minimum atomic E-state index is -1.24. The molecule has 2 fully saturated rings. The number of nitrogens with zero attached hydrogens (tertiary/aromatic N) is 13. The summed E-state index contributed by atoms with van der Waals surface area (Å²) in [6.45, 7) is 6.09. The van der Waals surface area contributed by atoms with Crippen LogP contribution in [0.5, 0.6) is 5.75 Å². The van der Waals surface area contributed by atoms with E-state index in [4.69, 9.17) is 24.5 Å². The van der Waals surface area contributed by atoms with Crippen molar-refractivity contribution in [2.75, 3.05) is 67.5 Å². The number of aliphatic hydroxyl groups excluding tert-OH is 1. The number of aliphatic hydroxyl groups is 1. The number of nitrogens with one attached hydrogen (secondary N) is 1. The van der Waals surface area contributed by atoms with Crippen LogP contribution in [-0.2, 0) is 33.8 Å². The Labute approximate surface area is 397 Å². The number of aromatic hydroxyl groups is 1. The monoisotopic (exact) mass is 956 g/mol. The summed E-state index contributed by atoms with van der Waals surface area (Å²) in [5.74, 6) is -1.71. The Hall–Kier alpha value is -8.54. The molecule has 9 rings (SSSR count). The van der Waals surface area contributed by atoms with Gasteiger partial charge in [-0.25, -0.2) is 14.2 Å². The lowest BCUT2D eigenvalue weighted by Gasteiger charge is -2.37. The Morgan fingerprint density at radius 3 is 2.14 bits per heavy atom. The summed E-state index contributed by atoms with van der Waals surface area (Å²) in [5, 5.41) is 59.6. The number of anilines is 4. The standard InChI is InChI=1S/C46H48N14O10/c1-26(61)19-30-23-59(53-52-30)25-39(64)55-11-15-57(16-12-55)45-48-44(49-46(50-45)58-17-13-56(14-18-58)42(67)27(2)60-24-29(51-54-60)4-10-40(65)66)47-28-3-7-33(36(20-28)43(68)69)41-34-8-5-31(62)21-37(34)70-38-22-32(63)6-9-35(38)41/h3,5-9,20-24,26-27,61-62H,4,10-19,25H2,1-2H3,(H,65,66)(H,68,69)(H,47,48,49,50)/t26?,27-/m0/s1. The molecule has 0 saturated carbocycles. The minimum Gasteiger partial charge on any atom is -0.508 e. The number of phenolic OH excluding ortho intramolecular Hbond substituents is 1. The second kappa shape index (κ2) is 19.6. The van der Waals surface area contributed by atoms with E-state index in [0.717, 1.165) is 0 Å². The predicted molar refractivity (Wildman–Crippen MR) is 250 cm³/mol. The van der Waals surface area contributed by atoms with Gasteiger partial charge in [-0.3, -0.25) is 19.2 Å². The van der Waals surface area contributed by atoms with Crippen LogP contribution >= 0.6 is 0 Å². The third-order valence-corrected chi connectivity index (χ3v) is 12.1. The lowest BCUT2D eigenvalue weighted by atomic mass is 9.90. The maximum Gasteiger partial charge on any atom is 0.336 e. The van der Waals surface area contributed by atoms with Crippen LogP contribution in [0.25, 0.3) is 33.4 Å². The van der Waals surface area contributed by atoms with E-state index >= 15 is 0 Å². The molecule has 70 heavy (non-hydrogen) atoms. The molecule has 5 N–H and O–H groups in total. The van der Waals surface area contributed by atoms with Crippen molar-refractivity contribution in [2.24, 2.45) is 0 Å². The van der Waals surface area contributed by atoms with Gasteiger partial charge in [0.2, 0.25) is 29.7 Å². The number of aliphatic carboxylic acids is 1. The molecule has 6 heterocycles. The first-order chi connectivity index (χ1) is 33.6. The van der Waals surface area contributed by atoms with Gasteiger partial charge in [0.15, 0.2) is 5.43 Å². The number of hydrogen-bond acceptors (Lipinski definition) is 18. The lowest BCUT2D eigenvalue weighted by Crippen LogP contribution is -2.51. The van der Waals surface area contributed by atoms with Crippen LogP contribution in [0, 0.1) is 0 Å². The summed E-state index contributed by atoms with van der Waals surface area (Å²) in [6, 6.07) is 12.8. The lowest BCUT2D eigenvalue weighted by molar-refractivity contribution is -0.137. The molecular formula is C46H48N14O10. The van der Waals surface area contributed by atoms with Gasteiger partial charge in [-0.2, -0.15) is 15.0 Å². The molecule has 3 aromatic heterocycles. The first-order valence-corrected chi connectivity index (χ1v) is 22.5. The van der Waals surface area contributed by atoms with Gasteiger partial charge in [0.1, 0.15) is 29.7 Å². The van der Waals surface area contributed by atoms with Crippen LogP contribution in [0.3, 0.4) is 0 Å². The van der Waals surface area contributed by atoms with Gasteiger partial charge < -0.3 is 49.8 Å². The Morgan fingerprint density at radius 1 is 0.771 bits per heavy atom. The second-order valence-corrected chi connectivity index (χ2v) is 17.2. The highest BCUT2D eigenvalue weighted by Crippen LogP contribution is 2.42. The van der Waals surface area contributed by atoms with E-state index in [0.29, 0.717) is 110 Å². The summed E-state index contributed by atoms with van der Waals surface area (Å²) < 4.78 is 8.86. The molecule has 2 atom stereocenters. The highest BCUT2D eigenvalue weighted by atomic mass is 16.4. The van der Waals surface area contributed by atoms with Crippen molar-refractivity contribution in [3.8, 4) is 28.2 Å². The van der Waals surface area contributed by atoms with E-state index in [9.17, 15) is 39.3 Å². The van der Waals surface area contributed by atoms with Gasteiger partial charge in [0.25, 0.3) is 0 Å². The molecule has 4 aliphatic rings. The largest absolute Gasteiger partial charge is 0.508 e. The quantitative estimate of drug-likeness (QED) is 0.0921. The number of aryl methyl sites for hydroxylation is 1. The average molecular weight is 957 g/mol. The first-order valence-electron chi connectivity index (χ1n) is 22.5. The molecule has 24 heteroatoms. The number of aromatic carboxylic acids is 1. The SMILES string of the molecule is CC(O)Cc1cn(CC(=O)N2CCN(c3nc(Nc4ccc(-c5c6ccc(=O)cc-6oc6cc(O)ccc56)c(C(=O)O)c4)nc(N4CCN(C(=O)[C@H](C)n5cc(CCC(=O)O)nn5)CC4)n3)CC2)nn1. The maximum absolute atomic E-state index is 13.6. The van der Waals surface area contributed by atoms with Crippen molar-refractivity contribution in [3.05, 3.63) is 94.2 Å². The fourth-order valence-corrected chi connectivity index (χ4v) is 8.55. The zero-order valence-corrected chi connectivity index (χ0v) is 38.0. The Morgan fingerprint density at radius 2 is 1.46 bits per heavy atom. The third kappa shape index (κ3) is 10.2. The number of carbonyl (C=O) groups is 4. The fourth-order valence-electron chi connectivity index (χ4n) is 8.55. The Kier molecular flexibility index (Phi) is 13.0. The summed E-state index contributed by atoms with van der Waals surface area (Å²) in [7, 11) is 0. The number of rotatable bonds is 15. The van der Waals surface area contributed by atoms with Gasteiger partial charge in [-0.1, -0.05) is 16.5 Å². The van der Waals surface area contributed by atoms with Crippen LogP contribution in [0.4, 0.5) is 23.5 Å². The molecule has 24 nitrogen and oxygen atoms in total. The highest BCUT2D eigenvalue weighted by Gasteiger charge is 2.30. The topological polar surface area (TPSA) is 304 Å². The van der Waals surface area contributed by atoms with E-state index in [1.807, 2.05) is 9.80 Å². The van der Waals surface area contributed by atoms with Gasteiger partial charge in [0.05, 0.1) is 29.5 Å². The summed E-state index contributed by atoms with van der Waals surface area (Å²) >= 11 is 0. The van der Waals surface area contributed by atoms with E-state index < -0.39 is 24.1 Å². The number of phenols is 1. The van der Waals surface area contributed by atoms with Crippen LogP contribution < -0.4 is 20.5 Å². The molecule has 2 aromatic carbocycles. The average Bonchev–Trinajstić information content (AvgIpc) is 4.01. The van der Waals surface area contributed by atoms with Crippen molar-refractivity contribution in [3.63, 3.8) is 0 Å². The highest BCUT2D eigenvalue weighted by molar-refractivity contribution is 6.08. The number of carboxylic acid groups (broad SMARTS) is 2. The van der Waals surface area contributed by atoms with E-state index in [1.165, 1.54) is 39.7 Å². The van der Waals surface area contributed by atoms with Gasteiger partial charge >= 0.3 is 11.9 Å². The molecule has 3 aliphatic heterocycles. The predicted octanol–water partition coefficient (Wildman–Crippen LogP) is 2.28. The van der Waals surface area contributed by atoms with E-state index in [1.54, 1.807) is 60.3 Å². The smallest absolute Gasteiger partial charge is 0.336 e. The van der Waals surface area contributed by atoms with Crippen LogP contribution in [0.15, 0.2) is 76.2 Å². The number of amides is 2. The third-order valence-electron chi connectivity index (χ3n) is 12.1. The molecule has 0 radical (unpaired) electrons. The molecule has 0 bridgehead atoms. The van der Waals surface area contributed by atoms with Crippen molar-refractivity contribution < 1.29 is 44.0 Å². The Bertz CT molecular complexity index is 3140. The number of benzene rings is 3.